The van der Waals surface area contributed by atoms with Crippen molar-refractivity contribution in [1.82, 2.24) is 10.3 Å². The third kappa shape index (κ3) is 4.06. The Hall–Kier alpha value is -2.38. The molecule has 0 bridgehead atoms. The molecule has 0 atom stereocenters. The van der Waals surface area contributed by atoms with Crippen LogP contribution in [-0.4, -0.2) is 14.4 Å². The normalized spacial score (nSPS) is 11.0. The van der Waals surface area contributed by atoms with Crippen molar-refractivity contribution in [1.29, 1.82) is 0 Å². The average Bonchev–Trinajstić information content (AvgIpc) is 2.46. The van der Waals surface area contributed by atoms with E-state index in [4.69, 9.17) is 0 Å². The molecule has 0 unspecified atom stereocenters. The maximum atomic E-state index is 12.2. The van der Waals surface area contributed by atoms with Gasteiger partial charge in [0, 0.05) is 5.69 Å². The molecule has 116 valence electrons. The van der Waals surface area contributed by atoms with E-state index >= 15 is 0 Å². The van der Waals surface area contributed by atoms with Gasteiger partial charge in [-0.05, 0) is 37.6 Å². The molecular weight excluding hydrogens is 302 g/mol. The zero-order valence-electron chi connectivity index (χ0n) is 12.3. The van der Waals surface area contributed by atoms with E-state index in [1.165, 1.54) is 6.07 Å². The number of carbonyl (C=O) groups excluding carboxylic acids is 1. The summed E-state index contributed by atoms with van der Waals surface area (Å²) in [6.45, 7) is 3.58. The van der Waals surface area contributed by atoms with Crippen molar-refractivity contribution in [2.45, 2.75) is 18.7 Å². The van der Waals surface area contributed by atoms with Gasteiger partial charge in [0.1, 0.15) is 0 Å². The van der Waals surface area contributed by atoms with Crippen LogP contribution in [0.1, 0.15) is 11.1 Å². The van der Waals surface area contributed by atoms with Crippen molar-refractivity contribution >= 4 is 21.7 Å². The van der Waals surface area contributed by atoms with Crippen molar-refractivity contribution in [2.75, 3.05) is 5.32 Å². The molecule has 2 amide bonds. The number of amides is 2. The van der Waals surface area contributed by atoms with E-state index in [0.717, 1.165) is 5.56 Å². The van der Waals surface area contributed by atoms with Crippen LogP contribution in [0.5, 0.6) is 0 Å². The number of carbonyl (C=O) groups is 1. The van der Waals surface area contributed by atoms with Crippen LogP contribution < -0.4 is 15.6 Å². The van der Waals surface area contributed by atoms with Crippen LogP contribution in [0.15, 0.2) is 53.4 Å². The lowest BCUT2D eigenvalue weighted by molar-refractivity contribution is 0.250. The second-order valence-corrected chi connectivity index (χ2v) is 6.47. The minimum atomic E-state index is -3.82. The standard InChI is InChI=1S/C15H17N3O3S/c1-11-8-9-14(12(2)10-11)22(20,21)18-17-15(19)16-13-6-4-3-5-7-13/h3-10,18H,1-2H3,(H2,16,17,19). The summed E-state index contributed by atoms with van der Waals surface area (Å²) in [6, 6.07) is 13.0. The number of sulfonamides is 1. The highest BCUT2D eigenvalue weighted by Gasteiger charge is 2.17. The first-order chi connectivity index (χ1) is 10.4. The first-order valence-electron chi connectivity index (χ1n) is 6.59. The summed E-state index contributed by atoms with van der Waals surface area (Å²) in [5.74, 6) is 0. The van der Waals surface area contributed by atoms with Crippen LogP contribution in [-0.2, 0) is 10.0 Å². The van der Waals surface area contributed by atoms with Gasteiger partial charge in [0.05, 0.1) is 4.90 Å². The minimum Gasteiger partial charge on any atom is -0.307 e. The lowest BCUT2D eigenvalue weighted by Crippen LogP contribution is -2.43. The molecule has 0 saturated heterocycles. The molecule has 0 saturated carbocycles. The zero-order valence-corrected chi connectivity index (χ0v) is 13.1. The van der Waals surface area contributed by atoms with Gasteiger partial charge in [-0.15, -0.1) is 4.83 Å². The Bertz CT molecular complexity index is 774. The van der Waals surface area contributed by atoms with Gasteiger partial charge in [-0.3, -0.25) is 5.43 Å². The Kier molecular flexibility index (Phi) is 4.79. The zero-order chi connectivity index (χ0) is 16.2. The molecule has 7 heteroatoms. The monoisotopic (exact) mass is 319 g/mol. The van der Waals surface area contributed by atoms with E-state index in [1.54, 1.807) is 43.3 Å². The summed E-state index contributed by atoms with van der Waals surface area (Å²) >= 11 is 0. The van der Waals surface area contributed by atoms with Crippen LogP contribution in [0, 0.1) is 13.8 Å². The smallest absolute Gasteiger partial charge is 0.307 e. The van der Waals surface area contributed by atoms with Gasteiger partial charge >= 0.3 is 6.03 Å². The summed E-state index contributed by atoms with van der Waals surface area (Å²) < 4.78 is 24.3. The van der Waals surface area contributed by atoms with E-state index in [9.17, 15) is 13.2 Å². The molecule has 0 aliphatic rings. The van der Waals surface area contributed by atoms with Gasteiger partial charge in [-0.25, -0.2) is 13.2 Å². The summed E-state index contributed by atoms with van der Waals surface area (Å²) in [7, 11) is -3.82. The molecule has 3 N–H and O–H groups in total. The third-order valence-electron chi connectivity index (χ3n) is 2.95. The largest absolute Gasteiger partial charge is 0.334 e. The fourth-order valence-electron chi connectivity index (χ4n) is 1.95. The van der Waals surface area contributed by atoms with Crippen molar-refractivity contribution in [3.8, 4) is 0 Å². The molecule has 0 aliphatic carbocycles. The van der Waals surface area contributed by atoms with Crippen LogP contribution in [0.25, 0.3) is 0 Å². The quantitative estimate of drug-likeness (QED) is 0.756. The van der Waals surface area contributed by atoms with Crippen LogP contribution >= 0.6 is 0 Å². The Morgan fingerprint density at radius 1 is 1.00 bits per heavy atom. The molecule has 0 aromatic heterocycles. The highest BCUT2D eigenvalue weighted by Crippen LogP contribution is 2.15. The van der Waals surface area contributed by atoms with Crippen LogP contribution in [0.3, 0.4) is 0 Å². The van der Waals surface area contributed by atoms with Gasteiger partial charge in [0.25, 0.3) is 10.0 Å². The average molecular weight is 319 g/mol. The van der Waals surface area contributed by atoms with Crippen molar-refractivity contribution in [3.63, 3.8) is 0 Å². The fraction of sp³-hybridized carbons (Fsp3) is 0.133. The number of hydrazine groups is 1. The van der Waals surface area contributed by atoms with Gasteiger partial charge in [0.15, 0.2) is 0 Å². The molecule has 22 heavy (non-hydrogen) atoms. The summed E-state index contributed by atoms with van der Waals surface area (Å²) in [4.78, 5) is 13.9. The Morgan fingerprint density at radius 2 is 1.68 bits per heavy atom. The number of hydrogen-bond donors (Lipinski definition) is 3. The first kappa shape index (κ1) is 16.0. The van der Waals surface area contributed by atoms with Gasteiger partial charge in [0.2, 0.25) is 0 Å². The first-order valence-corrected chi connectivity index (χ1v) is 8.08. The highest BCUT2D eigenvalue weighted by molar-refractivity contribution is 7.89. The number of aryl methyl sites for hydroxylation is 2. The number of anilines is 1. The van der Waals surface area contributed by atoms with Crippen LogP contribution in [0.2, 0.25) is 0 Å². The Morgan fingerprint density at radius 3 is 2.32 bits per heavy atom. The van der Waals surface area contributed by atoms with Gasteiger partial charge in [-0.2, -0.15) is 0 Å². The fourth-order valence-corrected chi connectivity index (χ4v) is 3.02. The molecule has 6 nitrogen and oxygen atoms in total. The molecule has 2 aromatic carbocycles. The number of nitrogens with one attached hydrogen (secondary N) is 3. The molecule has 0 heterocycles. The molecule has 0 aliphatic heterocycles. The SMILES string of the molecule is Cc1ccc(S(=O)(=O)NNC(=O)Nc2ccccc2)c(C)c1. The molecule has 0 radical (unpaired) electrons. The van der Waals surface area contributed by atoms with Crippen molar-refractivity contribution < 1.29 is 13.2 Å². The minimum absolute atomic E-state index is 0.123. The van der Waals surface area contributed by atoms with Crippen LogP contribution in [0.4, 0.5) is 10.5 Å². The summed E-state index contributed by atoms with van der Waals surface area (Å²) in [5.41, 5.74) is 4.26. The van der Waals surface area contributed by atoms with Crippen molar-refractivity contribution in [2.24, 2.45) is 0 Å². The molecule has 0 fully saturated rings. The van der Waals surface area contributed by atoms with E-state index < -0.39 is 16.1 Å². The molecular formula is C15H17N3O3S. The predicted octanol–water partition coefficient (Wildman–Crippen LogP) is 2.32. The third-order valence-corrected chi connectivity index (χ3v) is 4.36. The lowest BCUT2D eigenvalue weighted by Gasteiger charge is -2.11. The van der Waals surface area contributed by atoms with Gasteiger partial charge < -0.3 is 5.32 Å². The highest BCUT2D eigenvalue weighted by atomic mass is 32.2. The van der Waals surface area contributed by atoms with Crippen molar-refractivity contribution in [3.05, 3.63) is 59.7 Å². The molecule has 0 spiro atoms. The topological polar surface area (TPSA) is 87.3 Å². The molecule has 2 aromatic rings. The maximum Gasteiger partial charge on any atom is 0.334 e. The molecule has 2 rings (SSSR count). The maximum absolute atomic E-state index is 12.2. The number of rotatable bonds is 4. The number of urea groups is 1. The number of benzene rings is 2. The van der Waals surface area contributed by atoms with Gasteiger partial charge in [-0.1, -0.05) is 35.9 Å². The van der Waals surface area contributed by atoms with E-state index in [-0.39, 0.29) is 4.90 Å². The summed E-state index contributed by atoms with van der Waals surface area (Å²) in [6.07, 6.45) is 0. The number of para-hydroxylation sites is 1. The van der Waals surface area contributed by atoms with E-state index in [0.29, 0.717) is 11.3 Å². The second-order valence-electron chi connectivity index (χ2n) is 4.82. The summed E-state index contributed by atoms with van der Waals surface area (Å²) in [5, 5.41) is 2.51. The van der Waals surface area contributed by atoms with E-state index in [2.05, 4.69) is 15.6 Å². The lowest BCUT2D eigenvalue weighted by atomic mass is 10.2. The Labute approximate surface area is 129 Å². The second kappa shape index (κ2) is 6.59. The predicted molar refractivity (Wildman–Crippen MR) is 84.8 cm³/mol. The number of hydrogen-bond acceptors (Lipinski definition) is 3. The Balaban J connectivity index is 2.02. The van der Waals surface area contributed by atoms with E-state index in [1.807, 2.05) is 13.0 Å².